The second kappa shape index (κ2) is 12.2. The van der Waals surface area contributed by atoms with Crippen LogP contribution in [0.15, 0.2) is 82.7 Å². The summed E-state index contributed by atoms with van der Waals surface area (Å²) in [5.74, 6) is 1.40. The Hall–Kier alpha value is -3.14. The van der Waals surface area contributed by atoms with E-state index in [9.17, 15) is 0 Å². The Morgan fingerprint density at radius 1 is 1.03 bits per heavy atom. The largest absolute Gasteiger partial charge is 0.444 e. The fraction of sp³-hybridized carbons (Fsp3) is 0.240. The van der Waals surface area contributed by atoms with Gasteiger partial charge >= 0.3 is 0 Å². The summed E-state index contributed by atoms with van der Waals surface area (Å²) >= 11 is 0. The van der Waals surface area contributed by atoms with Crippen LogP contribution < -0.4 is 10.6 Å². The monoisotopic (exact) mass is 556 g/mol. The first-order chi connectivity index (χ1) is 15.7. The minimum absolute atomic E-state index is 0. The highest BCUT2D eigenvalue weighted by Gasteiger charge is 2.08. The molecule has 0 unspecified atom stereocenters. The van der Waals surface area contributed by atoms with Gasteiger partial charge in [0, 0.05) is 44.5 Å². The van der Waals surface area contributed by atoms with Crippen LogP contribution in [0.2, 0.25) is 0 Å². The van der Waals surface area contributed by atoms with E-state index in [2.05, 4.69) is 69.0 Å². The van der Waals surface area contributed by atoms with Crippen molar-refractivity contribution in [2.75, 3.05) is 13.6 Å². The van der Waals surface area contributed by atoms with Gasteiger partial charge in [-0.25, -0.2) is 4.98 Å². The predicted molar refractivity (Wildman–Crippen MR) is 142 cm³/mol. The third-order valence-corrected chi connectivity index (χ3v) is 5.20. The molecule has 0 fully saturated rings. The smallest absolute Gasteiger partial charge is 0.226 e. The summed E-state index contributed by atoms with van der Waals surface area (Å²) in [4.78, 5) is 8.93. The van der Waals surface area contributed by atoms with E-state index in [4.69, 9.17) is 4.42 Å². The molecular formula is C25H29IN6O. The van der Waals surface area contributed by atoms with E-state index in [0.29, 0.717) is 19.0 Å². The number of aromatic nitrogens is 3. The normalized spacial score (nSPS) is 11.2. The van der Waals surface area contributed by atoms with Crippen molar-refractivity contribution in [1.82, 2.24) is 25.4 Å². The van der Waals surface area contributed by atoms with Crippen molar-refractivity contribution in [3.8, 4) is 11.5 Å². The van der Waals surface area contributed by atoms with E-state index in [0.717, 1.165) is 30.2 Å². The summed E-state index contributed by atoms with van der Waals surface area (Å²) in [7, 11) is 1.77. The summed E-state index contributed by atoms with van der Waals surface area (Å²) in [6.07, 6.45) is 6.23. The molecule has 7 nitrogen and oxygen atoms in total. The van der Waals surface area contributed by atoms with Gasteiger partial charge in [0.1, 0.15) is 6.26 Å². The second-order valence-electron chi connectivity index (χ2n) is 7.58. The van der Waals surface area contributed by atoms with E-state index in [-0.39, 0.29) is 24.0 Å². The number of aliphatic imine (C=N–C) groups is 1. The molecule has 2 heterocycles. The Bertz CT molecular complexity index is 1150. The van der Waals surface area contributed by atoms with Crippen molar-refractivity contribution in [2.45, 2.75) is 26.4 Å². The molecule has 0 atom stereocenters. The minimum Gasteiger partial charge on any atom is -0.444 e. The van der Waals surface area contributed by atoms with Gasteiger partial charge in [-0.15, -0.1) is 24.0 Å². The van der Waals surface area contributed by atoms with E-state index >= 15 is 0 Å². The van der Waals surface area contributed by atoms with Crippen molar-refractivity contribution in [3.63, 3.8) is 0 Å². The first-order valence-corrected chi connectivity index (χ1v) is 10.7. The maximum atomic E-state index is 5.64. The Morgan fingerprint density at radius 2 is 1.82 bits per heavy atom. The van der Waals surface area contributed by atoms with Crippen molar-refractivity contribution >= 4 is 29.9 Å². The van der Waals surface area contributed by atoms with Gasteiger partial charge in [-0.05, 0) is 36.2 Å². The fourth-order valence-corrected chi connectivity index (χ4v) is 3.41. The molecule has 2 aromatic carbocycles. The lowest BCUT2D eigenvalue weighted by Gasteiger charge is -2.14. The highest BCUT2D eigenvalue weighted by atomic mass is 127. The van der Waals surface area contributed by atoms with Crippen molar-refractivity contribution in [2.24, 2.45) is 4.99 Å². The number of hydrogen-bond donors (Lipinski definition) is 2. The van der Waals surface area contributed by atoms with Crippen molar-refractivity contribution < 1.29 is 4.42 Å². The van der Waals surface area contributed by atoms with Crippen LogP contribution in [-0.4, -0.2) is 34.3 Å². The molecule has 33 heavy (non-hydrogen) atoms. The molecule has 0 radical (unpaired) electrons. The van der Waals surface area contributed by atoms with Crippen LogP contribution in [0.1, 0.15) is 22.4 Å². The van der Waals surface area contributed by atoms with Crippen LogP contribution in [0.3, 0.4) is 0 Å². The minimum atomic E-state index is 0. The zero-order chi connectivity index (χ0) is 22.2. The number of nitrogens with zero attached hydrogens (tertiary/aromatic N) is 4. The highest BCUT2D eigenvalue weighted by molar-refractivity contribution is 14.0. The summed E-state index contributed by atoms with van der Waals surface area (Å²) in [5, 5.41) is 11.0. The summed E-state index contributed by atoms with van der Waals surface area (Å²) < 4.78 is 7.57. The number of aryl methyl sites for hydroxylation is 1. The molecule has 2 N–H and O–H groups in total. The number of guanidine groups is 1. The quantitative estimate of drug-likeness (QED) is 0.191. The van der Waals surface area contributed by atoms with E-state index in [1.807, 2.05) is 29.1 Å². The summed E-state index contributed by atoms with van der Waals surface area (Å²) in [5.41, 5.74) is 5.55. The first-order valence-electron chi connectivity index (χ1n) is 10.7. The number of nitrogens with one attached hydrogen (secondary N) is 2. The lowest BCUT2D eigenvalue weighted by Crippen LogP contribution is -2.38. The van der Waals surface area contributed by atoms with Crippen LogP contribution in [0.5, 0.6) is 0 Å². The standard InChI is InChI=1S/C25H28N6O.HI/c1-19-8-10-20(11-9-19)24-30-23(18-32-24)12-14-27-25(26-2)28-16-21-6-3-4-7-22(21)17-31-15-5-13-29-31;/h3-11,13,15,18H,12,14,16-17H2,1-2H3,(H2,26,27,28);1H. The Morgan fingerprint density at radius 3 is 2.55 bits per heavy atom. The van der Waals surface area contributed by atoms with Crippen LogP contribution in [0.4, 0.5) is 0 Å². The van der Waals surface area contributed by atoms with Gasteiger partial charge in [-0.1, -0.05) is 42.0 Å². The number of halogens is 1. The van der Waals surface area contributed by atoms with Crippen molar-refractivity contribution in [1.29, 1.82) is 0 Å². The topological polar surface area (TPSA) is 80.3 Å². The van der Waals surface area contributed by atoms with Gasteiger partial charge in [0.15, 0.2) is 5.96 Å². The Kier molecular flexibility index (Phi) is 9.05. The molecule has 8 heteroatoms. The molecular weight excluding hydrogens is 527 g/mol. The Labute approximate surface area is 211 Å². The Balaban J connectivity index is 0.00000306. The lowest BCUT2D eigenvalue weighted by molar-refractivity contribution is 0.572. The zero-order valence-corrected chi connectivity index (χ0v) is 21.2. The number of hydrogen-bond acceptors (Lipinski definition) is 4. The fourth-order valence-electron chi connectivity index (χ4n) is 3.41. The van der Waals surface area contributed by atoms with Gasteiger partial charge in [0.25, 0.3) is 0 Å². The molecule has 0 saturated heterocycles. The maximum absolute atomic E-state index is 5.64. The molecule has 0 aliphatic rings. The number of oxazole rings is 1. The number of benzene rings is 2. The molecule has 0 amide bonds. The van der Waals surface area contributed by atoms with Gasteiger partial charge in [-0.2, -0.15) is 5.10 Å². The molecule has 0 bridgehead atoms. The molecule has 4 aromatic rings. The van der Waals surface area contributed by atoms with Crippen LogP contribution in [-0.2, 0) is 19.5 Å². The van der Waals surface area contributed by atoms with Gasteiger partial charge < -0.3 is 15.1 Å². The van der Waals surface area contributed by atoms with Crippen LogP contribution in [0, 0.1) is 6.92 Å². The predicted octanol–water partition coefficient (Wildman–Crippen LogP) is 4.42. The van der Waals surface area contributed by atoms with Gasteiger partial charge in [-0.3, -0.25) is 9.67 Å². The van der Waals surface area contributed by atoms with Gasteiger partial charge in [0.05, 0.1) is 12.2 Å². The maximum Gasteiger partial charge on any atom is 0.226 e. The zero-order valence-electron chi connectivity index (χ0n) is 18.9. The van der Waals surface area contributed by atoms with E-state index in [1.165, 1.54) is 16.7 Å². The first kappa shape index (κ1) is 24.5. The van der Waals surface area contributed by atoms with Crippen LogP contribution >= 0.6 is 24.0 Å². The molecule has 172 valence electrons. The molecule has 0 aliphatic carbocycles. The molecule has 0 aliphatic heterocycles. The van der Waals surface area contributed by atoms with Crippen molar-refractivity contribution in [3.05, 3.63) is 95.6 Å². The average molecular weight is 556 g/mol. The molecule has 2 aromatic heterocycles. The van der Waals surface area contributed by atoms with E-state index in [1.54, 1.807) is 19.5 Å². The summed E-state index contributed by atoms with van der Waals surface area (Å²) in [6, 6.07) is 18.5. The third kappa shape index (κ3) is 6.92. The second-order valence-corrected chi connectivity index (χ2v) is 7.58. The van der Waals surface area contributed by atoms with Gasteiger partial charge in [0.2, 0.25) is 5.89 Å². The van der Waals surface area contributed by atoms with E-state index < -0.39 is 0 Å². The molecule has 0 spiro atoms. The number of rotatable bonds is 8. The highest BCUT2D eigenvalue weighted by Crippen LogP contribution is 2.19. The summed E-state index contributed by atoms with van der Waals surface area (Å²) in [6.45, 7) is 4.19. The third-order valence-electron chi connectivity index (χ3n) is 5.20. The molecule has 0 saturated carbocycles. The SMILES string of the molecule is CN=C(NCCc1coc(-c2ccc(C)cc2)n1)NCc1ccccc1Cn1cccn1.I. The van der Waals surface area contributed by atoms with Crippen LogP contribution in [0.25, 0.3) is 11.5 Å². The average Bonchev–Trinajstić information content (AvgIpc) is 3.50. The lowest BCUT2D eigenvalue weighted by atomic mass is 10.1. The molecule has 4 rings (SSSR count).